The van der Waals surface area contributed by atoms with Gasteiger partial charge in [-0.1, -0.05) is 18.2 Å². The molecule has 1 fully saturated rings. The molecule has 1 aromatic carbocycles. The van der Waals surface area contributed by atoms with Crippen LogP contribution in [-0.4, -0.2) is 36.5 Å². The van der Waals surface area contributed by atoms with E-state index in [4.69, 9.17) is 0 Å². The predicted molar refractivity (Wildman–Crippen MR) is 82.8 cm³/mol. The summed E-state index contributed by atoms with van der Waals surface area (Å²) >= 11 is 1.81. The van der Waals surface area contributed by atoms with Gasteiger partial charge in [-0.2, -0.15) is 0 Å². The topological polar surface area (TPSA) is 32.3 Å². The molecule has 1 amide bonds. The molecule has 1 aliphatic heterocycles. The molecule has 0 aliphatic carbocycles. The van der Waals surface area contributed by atoms with Gasteiger partial charge in [0, 0.05) is 17.5 Å². The van der Waals surface area contributed by atoms with Crippen LogP contribution in [0.5, 0.6) is 0 Å². The number of carbonyl (C=O) groups is 1. The smallest absolute Gasteiger partial charge is 0.236 e. The fraction of sp³-hybridized carbons (Fsp3) is 0.533. The number of nitrogens with one attached hydrogen (secondary N) is 1. The largest absolute Gasteiger partial charge is 0.317 e. The minimum absolute atomic E-state index is 0.220. The number of benzene rings is 1. The van der Waals surface area contributed by atoms with Crippen molar-refractivity contribution in [3.8, 4) is 0 Å². The number of hydrogen-bond donors (Lipinski definition) is 1. The van der Waals surface area contributed by atoms with Crippen molar-refractivity contribution in [1.29, 1.82) is 0 Å². The highest BCUT2D eigenvalue weighted by Gasteiger charge is 2.18. The number of nitrogens with zero attached hydrogens (tertiary/aromatic N) is 1. The molecule has 1 aromatic rings. The van der Waals surface area contributed by atoms with Crippen molar-refractivity contribution in [3.05, 3.63) is 30.3 Å². The molecule has 0 atom stereocenters. The van der Waals surface area contributed by atoms with E-state index in [9.17, 15) is 4.79 Å². The number of piperidine rings is 1. The first-order chi connectivity index (χ1) is 9.31. The first-order valence-electron chi connectivity index (χ1n) is 6.99. The maximum Gasteiger partial charge on any atom is 0.236 e. The molecule has 0 saturated carbocycles. The van der Waals surface area contributed by atoms with Gasteiger partial charge in [0.05, 0.1) is 5.75 Å². The number of rotatable bonds is 5. The summed E-state index contributed by atoms with van der Waals surface area (Å²) in [6.07, 6.45) is 2.35. The Morgan fingerprint density at radius 3 is 2.63 bits per heavy atom. The van der Waals surface area contributed by atoms with Crippen LogP contribution in [0.15, 0.2) is 30.3 Å². The number of para-hydroxylation sites is 1. The number of amides is 1. The molecule has 1 heterocycles. The van der Waals surface area contributed by atoms with Crippen molar-refractivity contribution in [3.63, 3.8) is 0 Å². The molecule has 0 radical (unpaired) electrons. The third kappa shape index (κ3) is 4.25. The summed E-state index contributed by atoms with van der Waals surface area (Å²) in [7, 11) is 0. The Bertz CT molecular complexity index is 390. The van der Waals surface area contributed by atoms with Crippen molar-refractivity contribution in [2.24, 2.45) is 0 Å². The molecule has 2 rings (SSSR count). The highest BCUT2D eigenvalue weighted by molar-refractivity contribution is 8.00. The van der Waals surface area contributed by atoms with Crippen LogP contribution < -0.4 is 10.2 Å². The van der Waals surface area contributed by atoms with E-state index in [1.54, 1.807) is 0 Å². The van der Waals surface area contributed by atoms with E-state index in [-0.39, 0.29) is 5.91 Å². The minimum Gasteiger partial charge on any atom is -0.317 e. The van der Waals surface area contributed by atoms with Gasteiger partial charge in [0.2, 0.25) is 5.91 Å². The van der Waals surface area contributed by atoms with E-state index in [1.165, 1.54) is 12.8 Å². The van der Waals surface area contributed by atoms with Crippen LogP contribution in [0.25, 0.3) is 0 Å². The molecule has 0 aromatic heterocycles. The van der Waals surface area contributed by atoms with E-state index in [2.05, 4.69) is 5.32 Å². The molecule has 0 unspecified atom stereocenters. The van der Waals surface area contributed by atoms with Crippen LogP contribution in [0, 0.1) is 0 Å². The fourth-order valence-corrected chi connectivity index (χ4v) is 3.44. The first kappa shape index (κ1) is 14.4. The van der Waals surface area contributed by atoms with Gasteiger partial charge < -0.3 is 10.2 Å². The number of anilines is 1. The predicted octanol–water partition coefficient (Wildman–Crippen LogP) is 2.52. The van der Waals surface area contributed by atoms with E-state index in [0.29, 0.717) is 11.0 Å². The maximum absolute atomic E-state index is 12.3. The first-order valence-corrected chi connectivity index (χ1v) is 8.04. The molecule has 3 nitrogen and oxygen atoms in total. The van der Waals surface area contributed by atoms with Crippen molar-refractivity contribution in [2.45, 2.75) is 25.0 Å². The Labute approximate surface area is 119 Å². The van der Waals surface area contributed by atoms with Crippen LogP contribution in [0.2, 0.25) is 0 Å². The van der Waals surface area contributed by atoms with Crippen molar-refractivity contribution < 1.29 is 4.79 Å². The zero-order valence-electron chi connectivity index (χ0n) is 11.5. The quantitative estimate of drug-likeness (QED) is 0.898. The second-order valence-electron chi connectivity index (χ2n) is 4.73. The number of carbonyl (C=O) groups excluding carboxylic acids is 1. The molecule has 0 spiro atoms. The summed E-state index contributed by atoms with van der Waals surface area (Å²) in [5, 5.41) is 3.99. The molecule has 1 aliphatic rings. The number of thioether (sulfide) groups is 1. The lowest BCUT2D eigenvalue weighted by atomic mass is 10.2. The van der Waals surface area contributed by atoms with Crippen LogP contribution in [-0.2, 0) is 4.79 Å². The summed E-state index contributed by atoms with van der Waals surface area (Å²) in [5.74, 6) is 0.810. The van der Waals surface area contributed by atoms with Gasteiger partial charge in [0.25, 0.3) is 0 Å². The van der Waals surface area contributed by atoms with E-state index in [0.717, 1.165) is 25.3 Å². The monoisotopic (exact) mass is 278 g/mol. The molecule has 1 saturated heterocycles. The van der Waals surface area contributed by atoms with Crippen LogP contribution in [0.3, 0.4) is 0 Å². The summed E-state index contributed by atoms with van der Waals surface area (Å²) < 4.78 is 0. The average molecular weight is 278 g/mol. The van der Waals surface area contributed by atoms with Gasteiger partial charge in [-0.05, 0) is 45.0 Å². The van der Waals surface area contributed by atoms with Crippen LogP contribution in [0.4, 0.5) is 5.69 Å². The Hall–Kier alpha value is -1.00. The third-order valence-corrected chi connectivity index (χ3v) is 4.77. The van der Waals surface area contributed by atoms with Crippen molar-refractivity contribution >= 4 is 23.4 Å². The van der Waals surface area contributed by atoms with Gasteiger partial charge in [0.15, 0.2) is 0 Å². The lowest BCUT2D eigenvalue weighted by molar-refractivity contribution is -0.116. The summed E-state index contributed by atoms with van der Waals surface area (Å²) in [6, 6.07) is 9.93. The third-order valence-electron chi connectivity index (χ3n) is 3.41. The lowest BCUT2D eigenvalue weighted by Gasteiger charge is -2.24. The number of hydrogen-bond acceptors (Lipinski definition) is 3. The molecule has 104 valence electrons. The van der Waals surface area contributed by atoms with Crippen molar-refractivity contribution in [1.82, 2.24) is 5.32 Å². The Morgan fingerprint density at radius 2 is 2.00 bits per heavy atom. The minimum atomic E-state index is 0.220. The molecular weight excluding hydrogens is 256 g/mol. The Morgan fingerprint density at radius 1 is 1.32 bits per heavy atom. The summed E-state index contributed by atoms with van der Waals surface area (Å²) in [5.41, 5.74) is 1.00. The van der Waals surface area contributed by atoms with Gasteiger partial charge in [-0.25, -0.2) is 0 Å². The van der Waals surface area contributed by atoms with Crippen molar-refractivity contribution in [2.75, 3.05) is 30.3 Å². The molecule has 0 bridgehead atoms. The SMILES string of the molecule is CCN(C(=O)CSC1CCNCC1)c1ccccc1. The Kier molecular flexibility index (Phi) is 5.73. The fourth-order valence-electron chi connectivity index (χ4n) is 2.34. The molecular formula is C15H22N2OS. The highest BCUT2D eigenvalue weighted by atomic mass is 32.2. The zero-order valence-corrected chi connectivity index (χ0v) is 12.3. The molecule has 4 heteroatoms. The molecule has 1 N–H and O–H groups in total. The van der Waals surface area contributed by atoms with Gasteiger partial charge >= 0.3 is 0 Å². The van der Waals surface area contributed by atoms with Crippen LogP contribution in [0.1, 0.15) is 19.8 Å². The average Bonchev–Trinajstić information content (AvgIpc) is 2.48. The van der Waals surface area contributed by atoms with E-state index >= 15 is 0 Å². The standard InChI is InChI=1S/C15H22N2OS/c1-2-17(13-6-4-3-5-7-13)15(18)12-19-14-8-10-16-11-9-14/h3-7,14,16H,2,8-12H2,1H3. The summed E-state index contributed by atoms with van der Waals surface area (Å²) in [6.45, 7) is 4.93. The van der Waals surface area contributed by atoms with E-state index in [1.807, 2.05) is 53.9 Å². The zero-order chi connectivity index (χ0) is 13.5. The highest BCUT2D eigenvalue weighted by Crippen LogP contribution is 2.22. The summed E-state index contributed by atoms with van der Waals surface area (Å²) in [4.78, 5) is 14.2. The lowest BCUT2D eigenvalue weighted by Crippen LogP contribution is -2.34. The Balaban J connectivity index is 1.86. The second-order valence-corrected chi connectivity index (χ2v) is 6.02. The molecule has 19 heavy (non-hydrogen) atoms. The normalized spacial score (nSPS) is 16.3. The van der Waals surface area contributed by atoms with Gasteiger partial charge in [-0.15, -0.1) is 11.8 Å². The van der Waals surface area contributed by atoms with Gasteiger partial charge in [-0.3, -0.25) is 4.79 Å². The van der Waals surface area contributed by atoms with E-state index < -0.39 is 0 Å². The van der Waals surface area contributed by atoms with Crippen LogP contribution >= 0.6 is 11.8 Å². The maximum atomic E-state index is 12.3. The second kappa shape index (κ2) is 7.56. The van der Waals surface area contributed by atoms with Gasteiger partial charge in [0.1, 0.15) is 0 Å².